The van der Waals surface area contributed by atoms with E-state index < -0.39 is 12.6 Å². The third-order valence-corrected chi connectivity index (χ3v) is 2.85. The van der Waals surface area contributed by atoms with Gasteiger partial charge in [0.1, 0.15) is 0 Å². The molecule has 6 nitrogen and oxygen atoms in total. The second-order valence-corrected chi connectivity index (χ2v) is 4.62. The Labute approximate surface area is 128 Å². The molecule has 0 radical (unpaired) electrons. The fourth-order valence-electron chi connectivity index (χ4n) is 1.79. The molecule has 0 aromatic heterocycles. The molecule has 6 heteroatoms. The highest BCUT2D eigenvalue weighted by Crippen LogP contribution is 2.10. The number of unbranched alkanes of at least 4 members (excludes halogenated alkanes) is 1. The van der Waals surface area contributed by atoms with Gasteiger partial charge in [-0.15, -0.1) is 0 Å². The highest BCUT2D eigenvalue weighted by atomic mass is 16.7. The fourth-order valence-corrected chi connectivity index (χ4v) is 1.79. The third-order valence-electron chi connectivity index (χ3n) is 2.85. The van der Waals surface area contributed by atoms with E-state index in [4.69, 9.17) is 18.9 Å². The lowest BCUT2D eigenvalue weighted by molar-refractivity contribution is -0.164. The predicted octanol–water partition coefficient (Wildman–Crippen LogP) is 2.49. The van der Waals surface area contributed by atoms with Gasteiger partial charge in [-0.2, -0.15) is 0 Å². The number of allylic oxidation sites excluding steroid dienone is 4. The SMILES string of the molecule is O=C(CCCCC(=O)OC1C=CC=CO1)OC1C=CC=CO1. The van der Waals surface area contributed by atoms with Crippen LogP contribution in [0.5, 0.6) is 0 Å². The van der Waals surface area contributed by atoms with Crippen LogP contribution in [0, 0.1) is 0 Å². The van der Waals surface area contributed by atoms with Crippen LogP contribution in [0.1, 0.15) is 25.7 Å². The van der Waals surface area contributed by atoms with Crippen molar-refractivity contribution in [3.05, 3.63) is 49.0 Å². The maximum Gasteiger partial charge on any atom is 0.309 e. The van der Waals surface area contributed by atoms with Crippen molar-refractivity contribution in [3.8, 4) is 0 Å². The summed E-state index contributed by atoms with van der Waals surface area (Å²) < 4.78 is 20.3. The van der Waals surface area contributed by atoms with E-state index in [1.165, 1.54) is 12.5 Å². The summed E-state index contributed by atoms with van der Waals surface area (Å²) >= 11 is 0. The van der Waals surface area contributed by atoms with E-state index in [-0.39, 0.29) is 24.8 Å². The molecule has 2 heterocycles. The number of hydrogen-bond donors (Lipinski definition) is 0. The van der Waals surface area contributed by atoms with Crippen LogP contribution in [-0.4, -0.2) is 24.5 Å². The number of esters is 2. The molecule has 2 aliphatic rings. The number of rotatable bonds is 7. The highest BCUT2D eigenvalue weighted by Gasteiger charge is 2.14. The molecule has 0 aromatic rings. The number of ether oxygens (including phenoxy) is 4. The summed E-state index contributed by atoms with van der Waals surface area (Å²) in [6.45, 7) is 0. The van der Waals surface area contributed by atoms with Gasteiger partial charge in [0.2, 0.25) is 0 Å². The van der Waals surface area contributed by atoms with E-state index in [1.807, 2.05) is 0 Å². The molecule has 0 fully saturated rings. The Morgan fingerprint density at radius 2 is 1.23 bits per heavy atom. The number of hydrogen-bond acceptors (Lipinski definition) is 6. The summed E-state index contributed by atoms with van der Waals surface area (Å²) in [6, 6.07) is 0. The summed E-state index contributed by atoms with van der Waals surface area (Å²) in [5.74, 6) is -0.719. The average molecular weight is 306 g/mol. The molecule has 0 N–H and O–H groups in total. The van der Waals surface area contributed by atoms with Gasteiger partial charge in [-0.3, -0.25) is 9.59 Å². The zero-order valence-corrected chi connectivity index (χ0v) is 12.1. The van der Waals surface area contributed by atoms with Gasteiger partial charge in [-0.05, 0) is 37.1 Å². The van der Waals surface area contributed by atoms with Gasteiger partial charge in [-0.1, -0.05) is 12.2 Å². The minimum atomic E-state index is -0.661. The molecule has 0 aromatic carbocycles. The van der Waals surface area contributed by atoms with Crippen molar-refractivity contribution >= 4 is 11.9 Å². The summed E-state index contributed by atoms with van der Waals surface area (Å²) in [4.78, 5) is 23.1. The van der Waals surface area contributed by atoms with Crippen molar-refractivity contribution in [2.24, 2.45) is 0 Å². The van der Waals surface area contributed by atoms with Gasteiger partial charge in [0.05, 0.1) is 12.5 Å². The predicted molar refractivity (Wildman–Crippen MR) is 77.0 cm³/mol. The van der Waals surface area contributed by atoms with Crippen LogP contribution in [0.15, 0.2) is 49.0 Å². The average Bonchev–Trinajstić information content (AvgIpc) is 2.53. The molecule has 0 bridgehead atoms. The Kier molecular flexibility index (Phi) is 6.29. The largest absolute Gasteiger partial charge is 0.459 e. The Hall–Kier alpha value is -2.50. The minimum Gasteiger partial charge on any atom is -0.459 e. The molecule has 2 unspecified atom stereocenters. The van der Waals surface area contributed by atoms with Gasteiger partial charge in [0.25, 0.3) is 12.6 Å². The quantitative estimate of drug-likeness (QED) is 0.531. The summed E-state index contributed by atoms with van der Waals surface area (Å²) in [7, 11) is 0. The van der Waals surface area contributed by atoms with Crippen molar-refractivity contribution in [1.82, 2.24) is 0 Å². The summed E-state index contributed by atoms with van der Waals surface area (Å²) in [5, 5.41) is 0. The smallest absolute Gasteiger partial charge is 0.309 e. The molecule has 0 saturated heterocycles. The van der Waals surface area contributed by atoms with E-state index in [0.29, 0.717) is 12.8 Å². The standard InChI is InChI=1S/C16H18O6/c17-13(21-15-9-3-5-11-19-15)7-1-2-8-14(18)22-16-10-4-6-12-20-16/h3-6,9-12,15-16H,1-2,7-8H2. The molecule has 0 amide bonds. The van der Waals surface area contributed by atoms with Crippen molar-refractivity contribution in [2.45, 2.75) is 38.3 Å². The van der Waals surface area contributed by atoms with Crippen LogP contribution < -0.4 is 0 Å². The van der Waals surface area contributed by atoms with Crippen LogP contribution in [0.2, 0.25) is 0 Å². The van der Waals surface area contributed by atoms with Gasteiger partial charge >= 0.3 is 11.9 Å². The fraction of sp³-hybridized carbons (Fsp3) is 0.375. The van der Waals surface area contributed by atoms with Crippen LogP contribution in [0.4, 0.5) is 0 Å². The molecular formula is C16H18O6. The molecule has 0 aliphatic carbocycles. The highest BCUT2D eigenvalue weighted by molar-refractivity contribution is 5.71. The van der Waals surface area contributed by atoms with Crippen LogP contribution in [0.3, 0.4) is 0 Å². The summed E-state index contributed by atoms with van der Waals surface area (Å²) in [6.07, 6.45) is 13.3. The molecule has 22 heavy (non-hydrogen) atoms. The number of carbonyl (C=O) groups excluding carboxylic acids is 2. The molecule has 0 spiro atoms. The normalized spacial score (nSPS) is 21.8. The molecule has 0 saturated carbocycles. The first-order valence-corrected chi connectivity index (χ1v) is 7.10. The van der Waals surface area contributed by atoms with E-state index in [9.17, 15) is 9.59 Å². The van der Waals surface area contributed by atoms with E-state index in [1.54, 1.807) is 36.5 Å². The lowest BCUT2D eigenvalue weighted by atomic mass is 10.2. The van der Waals surface area contributed by atoms with Gasteiger partial charge in [-0.25, -0.2) is 0 Å². The van der Waals surface area contributed by atoms with Crippen molar-refractivity contribution in [2.75, 3.05) is 0 Å². The lowest BCUT2D eigenvalue weighted by Gasteiger charge is -2.16. The lowest BCUT2D eigenvalue weighted by Crippen LogP contribution is -2.19. The minimum absolute atomic E-state index is 0.229. The Morgan fingerprint density at radius 3 is 1.59 bits per heavy atom. The zero-order valence-electron chi connectivity index (χ0n) is 12.1. The Morgan fingerprint density at radius 1 is 0.773 bits per heavy atom. The zero-order chi connectivity index (χ0) is 15.6. The van der Waals surface area contributed by atoms with Crippen molar-refractivity contribution in [3.63, 3.8) is 0 Å². The second kappa shape index (κ2) is 8.71. The van der Waals surface area contributed by atoms with E-state index in [2.05, 4.69) is 0 Å². The van der Waals surface area contributed by atoms with Gasteiger partial charge < -0.3 is 18.9 Å². The van der Waals surface area contributed by atoms with Gasteiger partial charge in [0.15, 0.2) is 0 Å². The molecule has 2 atom stereocenters. The molecule has 2 rings (SSSR count). The Bertz CT molecular complexity index is 457. The molecular weight excluding hydrogens is 288 g/mol. The monoisotopic (exact) mass is 306 g/mol. The molecule has 2 aliphatic heterocycles. The first-order valence-electron chi connectivity index (χ1n) is 7.10. The van der Waals surface area contributed by atoms with Gasteiger partial charge in [0, 0.05) is 12.8 Å². The maximum absolute atomic E-state index is 11.6. The Balaban J connectivity index is 1.52. The van der Waals surface area contributed by atoms with Crippen molar-refractivity contribution < 1.29 is 28.5 Å². The molecule has 118 valence electrons. The first-order chi connectivity index (χ1) is 10.7. The van der Waals surface area contributed by atoms with Crippen molar-refractivity contribution in [1.29, 1.82) is 0 Å². The maximum atomic E-state index is 11.6. The second-order valence-electron chi connectivity index (χ2n) is 4.62. The van der Waals surface area contributed by atoms with Crippen LogP contribution in [0.25, 0.3) is 0 Å². The van der Waals surface area contributed by atoms with Crippen LogP contribution in [-0.2, 0) is 28.5 Å². The first kappa shape index (κ1) is 15.9. The van der Waals surface area contributed by atoms with E-state index >= 15 is 0 Å². The topological polar surface area (TPSA) is 71.1 Å². The third kappa shape index (κ3) is 5.87. The van der Waals surface area contributed by atoms with E-state index in [0.717, 1.165) is 0 Å². The summed E-state index contributed by atoms with van der Waals surface area (Å²) in [5.41, 5.74) is 0. The van der Waals surface area contributed by atoms with Crippen LogP contribution >= 0.6 is 0 Å². The number of carbonyl (C=O) groups is 2.